The molecule has 66 heavy (non-hydrogen) atoms. The van der Waals surface area contributed by atoms with E-state index in [-0.39, 0.29) is 59.9 Å². The van der Waals surface area contributed by atoms with Gasteiger partial charge in [-0.05, 0) is 32.8 Å². The van der Waals surface area contributed by atoms with E-state index >= 15 is 0 Å². The lowest BCUT2D eigenvalue weighted by Gasteiger charge is -2.36. The maximum Gasteiger partial charge on any atom is 0.274 e. The van der Waals surface area contributed by atoms with Crippen LogP contribution in [-0.4, -0.2) is 144 Å². The van der Waals surface area contributed by atoms with Crippen LogP contribution in [0.4, 0.5) is 5.82 Å². The highest BCUT2D eigenvalue weighted by molar-refractivity contribution is 8.14. The van der Waals surface area contributed by atoms with Crippen molar-refractivity contribution >= 4 is 69.1 Å². The number of fused-ring (bicyclic) bond motifs is 1. The van der Waals surface area contributed by atoms with Crippen molar-refractivity contribution < 1.29 is 100 Å². The standard InChI is InChI=1S/C34H56N7O21P3S/c1-18(58-33-21(43)13-20(42)19(2)59-33)7-5-6-8-24(45)66-12-11-36-23(44)9-10-37-31(48)28(47)34(3,4)15-57-65(54,55)62-64(52,53)56-14-22-27(61-63(49,50)51)26(46)32(60-22)41-17-40-25-29(35)38-16-39-30(25)41/h6,8,16-22,26-28,32-33,42-43,46-47H,5,7,9-15H2,1-4H3,(H,36,44)(H,37,48)(H,52,53)(H,54,55)(H2,35,38,39)(H2,49,50,51)/p-4/b8-6+/t18-,19+,20-,21-,22-,26-,27-,28+,32-,33-/m1/s1. The Balaban J connectivity index is 1.13. The first-order chi connectivity index (χ1) is 30.7. The van der Waals surface area contributed by atoms with Gasteiger partial charge in [0.2, 0.25) is 16.9 Å². The van der Waals surface area contributed by atoms with Gasteiger partial charge in [-0.3, -0.25) is 28.1 Å². The molecule has 2 amide bonds. The normalized spacial score (nSPS) is 26.7. The fourth-order valence-electron chi connectivity index (χ4n) is 6.18. The molecular weight excluding hydrogens is 967 g/mol. The first kappa shape index (κ1) is 55.7. The number of carbonyl (C=O) groups excluding carboxylic acids is 3. The molecule has 8 N–H and O–H groups in total. The van der Waals surface area contributed by atoms with E-state index in [0.29, 0.717) is 12.8 Å². The number of imidazole rings is 1. The van der Waals surface area contributed by atoms with Crippen molar-refractivity contribution in [2.75, 3.05) is 37.8 Å². The molecule has 0 radical (unpaired) electrons. The summed E-state index contributed by atoms with van der Waals surface area (Å²) in [6.07, 6.45) is -6.88. The van der Waals surface area contributed by atoms with Crippen molar-refractivity contribution in [3.63, 3.8) is 0 Å². The van der Waals surface area contributed by atoms with Crippen LogP contribution in [0.5, 0.6) is 0 Å². The van der Waals surface area contributed by atoms with Gasteiger partial charge in [0.1, 0.15) is 42.4 Å². The number of phosphoric acid groups is 3. The molecule has 374 valence electrons. The molecule has 2 aromatic rings. The molecular formula is C34H52N7O21P3S-4. The van der Waals surface area contributed by atoms with Gasteiger partial charge < -0.3 is 88.7 Å². The van der Waals surface area contributed by atoms with E-state index in [9.17, 15) is 68.1 Å². The summed E-state index contributed by atoms with van der Waals surface area (Å²) in [5, 5.41) is 45.9. The van der Waals surface area contributed by atoms with Crippen LogP contribution in [-0.2, 0) is 60.2 Å². The number of ether oxygens (including phenoxy) is 3. The zero-order valence-electron chi connectivity index (χ0n) is 35.8. The molecule has 0 saturated carbocycles. The Hall–Kier alpha value is -2.86. The number of amides is 2. The highest BCUT2D eigenvalue weighted by atomic mass is 32.2. The molecule has 0 spiro atoms. The molecule has 2 aromatic heterocycles. The summed E-state index contributed by atoms with van der Waals surface area (Å²) in [7, 11) is -17.7. The highest BCUT2D eigenvalue weighted by Gasteiger charge is 2.47. The van der Waals surface area contributed by atoms with Crippen LogP contribution >= 0.6 is 35.2 Å². The fraction of sp³-hybridized carbons (Fsp3) is 0.706. The SMILES string of the molecule is C[C@H](CC/C=C/C(=O)SCCNC(=O)CCNC(=O)[C@H](O)C(C)(C)COP(=O)([O-])OP(=O)([O-])OC[C@H]1O[C@@H](n2cnc3c(N)ncnc32)[C@H](O)[C@@H]1OP(=O)([O-])[O-])O[C@@H]1O[C@@H](C)[C@H](O)C[C@H]1O. The minimum Gasteiger partial charge on any atom is -0.790 e. The topological polar surface area (TPSA) is 434 Å². The Morgan fingerprint density at radius 1 is 1.05 bits per heavy atom. The minimum atomic E-state index is -5.94. The van der Waals surface area contributed by atoms with Gasteiger partial charge >= 0.3 is 0 Å². The van der Waals surface area contributed by atoms with Gasteiger partial charge in [0.25, 0.3) is 15.6 Å². The number of nitrogens with zero attached hydrogens (tertiary/aromatic N) is 4. The molecule has 32 heteroatoms. The van der Waals surface area contributed by atoms with E-state index < -0.39 is 109 Å². The summed E-state index contributed by atoms with van der Waals surface area (Å²) in [6.45, 7) is 3.38. The average Bonchev–Trinajstić information content (AvgIpc) is 3.78. The number of allylic oxidation sites excluding steroid dienone is 1. The number of carbonyl (C=O) groups is 3. The smallest absolute Gasteiger partial charge is 0.274 e. The Labute approximate surface area is 381 Å². The van der Waals surface area contributed by atoms with Gasteiger partial charge in [-0.2, -0.15) is 0 Å². The number of aromatic nitrogens is 4. The van der Waals surface area contributed by atoms with Crippen molar-refractivity contribution in [3.05, 3.63) is 24.8 Å². The predicted molar refractivity (Wildman–Crippen MR) is 218 cm³/mol. The Morgan fingerprint density at radius 3 is 2.44 bits per heavy atom. The first-order valence-electron chi connectivity index (χ1n) is 20.0. The summed E-state index contributed by atoms with van der Waals surface area (Å²) < 4.78 is 71.9. The van der Waals surface area contributed by atoms with Gasteiger partial charge in [-0.1, -0.05) is 31.7 Å². The Bertz CT molecular complexity index is 2150. The summed E-state index contributed by atoms with van der Waals surface area (Å²) in [5.41, 5.74) is 4.02. The number of thioether (sulfide) groups is 1. The molecule has 4 heterocycles. The van der Waals surface area contributed by atoms with E-state index in [1.54, 1.807) is 19.9 Å². The second-order valence-electron chi connectivity index (χ2n) is 15.7. The van der Waals surface area contributed by atoms with Crippen LogP contribution in [0.1, 0.15) is 59.6 Å². The summed E-state index contributed by atoms with van der Waals surface area (Å²) in [4.78, 5) is 96.7. The van der Waals surface area contributed by atoms with E-state index in [0.717, 1.165) is 29.0 Å². The number of aliphatic hydroxyl groups excluding tert-OH is 4. The molecule has 2 unspecified atom stereocenters. The summed E-state index contributed by atoms with van der Waals surface area (Å²) >= 11 is 0.952. The van der Waals surface area contributed by atoms with Gasteiger partial charge in [-0.15, -0.1) is 0 Å². The third kappa shape index (κ3) is 17.0. The van der Waals surface area contributed by atoms with E-state index in [4.69, 9.17) is 19.9 Å². The number of aliphatic hydroxyl groups is 4. The van der Waals surface area contributed by atoms with Gasteiger partial charge in [0.15, 0.2) is 24.0 Å². The Morgan fingerprint density at radius 2 is 1.74 bits per heavy atom. The van der Waals surface area contributed by atoms with E-state index in [1.165, 1.54) is 19.9 Å². The summed E-state index contributed by atoms with van der Waals surface area (Å²) in [5.74, 6) is -1.40. The third-order valence-electron chi connectivity index (χ3n) is 9.77. The van der Waals surface area contributed by atoms with Crippen molar-refractivity contribution in [1.29, 1.82) is 0 Å². The largest absolute Gasteiger partial charge is 0.790 e. The van der Waals surface area contributed by atoms with Crippen molar-refractivity contribution in [2.45, 2.75) is 115 Å². The molecule has 28 nitrogen and oxygen atoms in total. The van der Waals surface area contributed by atoms with Crippen molar-refractivity contribution in [1.82, 2.24) is 30.2 Å². The number of rotatable bonds is 25. The van der Waals surface area contributed by atoms with Crippen LogP contribution in [0.25, 0.3) is 11.2 Å². The highest BCUT2D eigenvalue weighted by Crippen LogP contribution is 2.56. The zero-order valence-corrected chi connectivity index (χ0v) is 39.3. The minimum absolute atomic E-state index is 0.0311. The monoisotopic (exact) mass is 1020 g/mol. The molecule has 2 fully saturated rings. The van der Waals surface area contributed by atoms with E-state index in [1.807, 2.05) is 0 Å². The predicted octanol–water partition coefficient (Wildman–Crippen LogP) is -3.27. The second-order valence-corrected chi connectivity index (χ2v) is 20.8. The molecule has 0 aliphatic carbocycles. The number of phosphoric ester groups is 3. The zero-order chi connectivity index (χ0) is 49.2. The number of nitrogen functional groups attached to an aromatic ring is 1. The van der Waals surface area contributed by atoms with Crippen LogP contribution in [0, 0.1) is 5.41 Å². The van der Waals surface area contributed by atoms with Crippen LogP contribution in [0.15, 0.2) is 24.8 Å². The molecule has 2 saturated heterocycles. The number of hydrogen-bond donors (Lipinski definition) is 7. The van der Waals surface area contributed by atoms with Crippen LogP contribution < -0.4 is 35.9 Å². The molecule has 2 aliphatic heterocycles. The number of hydrogen-bond acceptors (Lipinski definition) is 26. The van der Waals surface area contributed by atoms with Crippen molar-refractivity contribution in [3.8, 4) is 0 Å². The van der Waals surface area contributed by atoms with Gasteiger partial charge in [0.05, 0.1) is 45.7 Å². The fourth-order valence-corrected chi connectivity index (χ4v) is 9.51. The average molecular weight is 1020 g/mol. The molecule has 0 aromatic carbocycles. The first-order valence-corrected chi connectivity index (χ1v) is 25.4. The molecule has 2 aliphatic rings. The van der Waals surface area contributed by atoms with Gasteiger partial charge in [0, 0.05) is 37.1 Å². The number of nitrogens with one attached hydrogen (secondary N) is 2. The van der Waals surface area contributed by atoms with Crippen LogP contribution in [0.3, 0.4) is 0 Å². The quantitative estimate of drug-likeness (QED) is 0.0291. The maximum atomic E-state index is 12.6. The lowest BCUT2D eigenvalue weighted by atomic mass is 9.87. The van der Waals surface area contributed by atoms with Crippen molar-refractivity contribution in [2.24, 2.45) is 5.41 Å². The molecule has 0 bridgehead atoms. The maximum absolute atomic E-state index is 12.6. The summed E-state index contributed by atoms with van der Waals surface area (Å²) in [6, 6.07) is 0. The lowest BCUT2D eigenvalue weighted by molar-refractivity contribution is -0.347. The molecule has 4 rings (SSSR count). The van der Waals surface area contributed by atoms with Crippen LogP contribution in [0.2, 0.25) is 0 Å². The number of anilines is 1. The molecule has 12 atom stereocenters. The second kappa shape index (κ2) is 24.1. The third-order valence-corrected chi connectivity index (χ3v) is 13.6. The van der Waals surface area contributed by atoms with Gasteiger partial charge in [-0.25, -0.2) is 19.3 Å². The lowest BCUT2D eigenvalue weighted by Crippen LogP contribution is -2.48. The Kier molecular flexibility index (Phi) is 20.4. The number of nitrogens with two attached hydrogens (primary N) is 1. The van der Waals surface area contributed by atoms with E-state index in [2.05, 4.69) is 43.5 Å².